The van der Waals surface area contributed by atoms with Crippen molar-refractivity contribution >= 4 is 23.1 Å². The molecule has 0 aromatic carbocycles. The van der Waals surface area contributed by atoms with E-state index in [1.807, 2.05) is 0 Å². The average molecular weight is 294 g/mol. The van der Waals surface area contributed by atoms with E-state index in [0.29, 0.717) is 16.5 Å². The molecule has 1 aliphatic rings. The zero-order valence-electron chi connectivity index (χ0n) is 11.0. The van der Waals surface area contributed by atoms with Crippen molar-refractivity contribution in [2.75, 3.05) is 24.6 Å². The summed E-state index contributed by atoms with van der Waals surface area (Å²) in [6, 6.07) is 4.99. The first-order valence-corrected chi connectivity index (χ1v) is 7.10. The zero-order chi connectivity index (χ0) is 14.1. The minimum atomic E-state index is -0.140. The number of aliphatic hydroxyl groups is 1. The van der Waals surface area contributed by atoms with E-state index in [-0.39, 0.29) is 18.1 Å². The molecule has 1 N–H and O–H groups in total. The summed E-state index contributed by atoms with van der Waals surface area (Å²) >= 11 is 5.89. The third-order valence-electron chi connectivity index (χ3n) is 3.71. The van der Waals surface area contributed by atoms with Gasteiger partial charge in [-0.15, -0.1) is 0 Å². The van der Waals surface area contributed by atoms with Crippen LogP contribution in [-0.4, -0.2) is 34.2 Å². The molecule has 2 aromatic rings. The normalized spacial score (nSPS) is 19.5. The lowest BCUT2D eigenvalue weighted by Gasteiger charge is -2.32. The molecule has 5 nitrogen and oxygen atoms in total. The highest BCUT2D eigenvalue weighted by Gasteiger charge is 2.21. The van der Waals surface area contributed by atoms with Gasteiger partial charge in [-0.3, -0.25) is 9.20 Å². The van der Waals surface area contributed by atoms with E-state index >= 15 is 0 Å². The fourth-order valence-corrected chi connectivity index (χ4v) is 2.81. The van der Waals surface area contributed by atoms with Gasteiger partial charge in [0, 0.05) is 32.0 Å². The Kier molecular flexibility index (Phi) is 3.63. The number of halogens is 1. The molecule has 6 heteroatoms. The van der Waals surface area contributed by atoms with E-state index < -0.39 is 0 Å². The van der Waals surface area contributed by atoms with Crippen LogP contribution in [0.5, 0.6) is 0 Å². The SMILES string of the molecule is O=c1cc(N2CCC[C@H](CO)C2)nc2ccc(Cl)cn12. The Hall–Kier alpha value is -1.59. The zero-order valence-corrected chi connectivity index (χ0v) is 11.8. The van der Waals surface area contributed by atoms with Gasteiger partial charge in [0.2, 0.25) is 0 Å². The van der Waals surface area contributed by atoms with Gasteiger partial charge in [-0.05, 0) is 30.9 Å². The summed E-state index contributed by atoms with van der Waals surface area (Å²) < 4.78 is 1.44. The van der Waals surface area contributed by atoms with Gasteiger partial charge in [-0.2, -0.15) is 0 Å². The lowest BCUT2D eigenvalue weighted by Crippen LogP contribution is -2.38. The molecular formula is C14H16ClN3O2. The standard InChI is InChI=1S/C14H16ClN3O2/c15-11-3-4-12-16-13(6-14(20)18(12)8-11)17-5-1-2-10(7-17)9-19/h3-4,6,8,10,19H,1-2,5,7,9H2/t10-/m0/s1. The summed E-state index contributed by atoms with van der Waals surface area (Å²) in [5.41, 5.74) is 0.446. The molecule has 20 heavy (non-hydrogen) atoms. The topological polar surface area (TPSA) is 57.8 Å². The van der Waals surface area contributed by atoms with Crippen LogP contribution in [0.3, 0.4) is 0 Å². The highest BCUT2D eigenvalue weighted by molar-refractivity contribution is 6.30. The largest absolute Gasteiger partial charge is 0.396 e. The van der Waals surface area contributed by atoms with Crippen molar-refractivity contribution in [1.82, 2.24) is 9.38 Å². The average Bonchev–Trinajstić information content (AvgIpc) is 2.48. The van der Waals surface area contributed by atoms with Crippen LogP contribution < -0.4 is 10.5 Å². The number of nitrogens with zero attached hydrogens (tertiary/aromatic N) is 3. The summed E-state index contributed by atoms with van der Waals surface area (Å²) in [4.78, 5) is 18.7. The highest BCUT2D eigenvalue weighted by Crippen LogP contribution is 2.21. The molecule has 0 radical (unpaired) electrons. The number of anilines is 1. The molecule has 0 spiro atoms. The van der Waals surface area contributed by atoms with Gasteiger partial charge in [-0.1, -0.05) is 11.6 Å². The van der Waals surface area contributed by atoms with Crippen LogP contribution in [0.1, 0.15) is 12.8 Å². The van der Waals surface area contributed by atoms with Crippen molar-refractivity contribution < 1.29 is 5.11 Å². The summed E-state index contributed by atoms with van der Waals surface area (Å²) in [5, 5.41) is 9.79. The van der Waals surface area contributed by atoms with Crippen molar-refractivity contribution in [2.45, 2.75) is 12.8 Å². The second-order valence-corrected chi connectivity index (χ2v) is 5.60. The lowest BCUT2D eigenvalue weighted by atomic mass is 9.99. The minimum Gasteiger partial charge on any atom is -0.396 e. The second kappa shape index (κ2) is 5.42. The Morgan fingerprint density at radius 1 is 1.45 bits per heavy atom. The van der Waals surface area contributed by atoms with Gasteiger partial charge < -0.3 is 10.0 Å². The summed E-state index contributed by atoms with van der Waals surface area (Å²) in [5.74, 6) is 0.935. The molecule has 0 aliphatic carbocycles. The summed E-state index contributed by atoms with van der Waals surface area (Å²) in [6.07, 6.45) is 3.60. The van der Waals surface area contributed by atoms with Crippen LogP contribution in [0.2, 0.25) is 5.02 Å². The first kappa shape index (κ1) is 13.4. The van der Waals surface area contributed by atoms with E-state index in [9.17, 15) is 9.90 Å². The van der Waals surface area contributed by atoms with Gasteiger partial charge >= 0.3 is 0 Å². The van der Waals surface area contributed by atoms with Gasteiger partial charge in [0.05, 0.1) is 5.02 Å². The fraction of sp³-hybridized carbons (Fsp3) is 0.429. The van der Waals surface area contributed by atoms with Gasteiger partial charge in [0.25, 0.3) is 5.56 Å². The third-order valence-corrected chi connectivity index (χ3v) is 3.93. The maximum Gasteiger partial charge on any atom is 0.260 e. The number of aromatic nitrogens is 2. The molecule has 0 saturated carbocycles. The number of fused-ring (bicyclic) bond motifs is 1. The van der Waals surface area contributed by atoms with Crippen molar-refractivity contribution in [3.05, 3.63) is 39.8 Å². The Labute approximate surface area is 121 Å². The third kappa shape index (κ3) is 2.51. The number of hydrogen-bond acceptors (Lipinski definition) is 4. The Balaban J connectivity index is 2.00. The van der Waals surface area contributed by atoms with E-state index in [0.717, 1.165) is 25.9 Å². The predicted octanol–water partition coefficient (Wildman–Crippen LogP) is 1.56. The molecule has 2 aromatic heterocycles. The molecule has 0 unspecified atom stereocenters. The predicted molar refractivity (Wildman–Crippen MR) is 78.5 cm³/mol. The van der Waals surface area contributed by atoms with Crippen LogP contribution in [-0.2, 0) is 0 Å². The molecule has 3 rings (SSSR count). The number of rotatable bonds is 2. The van der Waals surface area contributed by atoms with Crippen molar-refractivity contribution in [3.63, 3.8) is 0 Å². The van der Waals surface area contributed by atoms with Crippen molar-refractivity contribution in [1.29, 1.82) is 0 Å². The fourth-order valence-electron chi connectivity index (χ4n) is 2.65. The lowest BCUT2D eigenvalue weighted by molar-refractivity contribution is 0.208. The van der Waals surface area contributed by atoms with Gasteiger partial charge in [0.15, 0.2) is 0 Å². The summed E-state index contributed by atoms with van der Waals surface area (Å²) in [7, 11) is 0. The van der Waals surface area contributed by atoms with Crippen LogP contribution >= 0.6 is 11.6 Å². The molecule has 1 atom stereocenters. The molecule has 106 valence electrons. The number of hydrogen-bond donors (Lipinski definition) is 1. The van der Waals surface area contributed by atoms with E-state index in [1.165, 1.54) is 10.5 Å². The molecular weight excluding hydrogens is 278 g/mol. The number of aliphatic hydroxyl groups excluding tert-OH is 1. The molecule has 3 heterocycles. The van der Waals surface area contributed by atoms with Gasteiger partial charge in [0.1, 0.15) is 11.5 Å². The minimum absolute atomic E-state index is 0.140. The van der Waals surface area contributed by atoms with Gasteiger partial charge in [-0.25, -0.2) is 4.98 Å². The summed E-state index contributed by atoms with van der Waals surface area (Å²) in [6.45, 7) is 1.79. The Bertz CT molecular complexity index is 686. The van der Waals surface area contributed by atoms with Crippen molar-refractivity contribution in [3.8, 4) is 0 Å². The first-order chi connectivity index (χ1) is 9.67. The van der Waals surface area contributed by atoms with Crippen LogP contribution in [0, 0.1) is 5.92 Å². The maximum absolute atomic E-state index is 12.1. The molecule has 1 saturated heterocycles. The number of piperidine rings is 1. The van der Waals surface area contributed by atoms with E-state index in [4.69, 9.17) is 11.6 Å². The van der Waals surface area contributed by atoms with Crippen LogP contribution in [0.4, 0.5) is 5.82 Å². The van der Waals surface area contributed by atoms with Crippen LogP contribution in [0.25, 0.3) is 5.65 Å². The smallest absolute Gasteiger partial charge is 0.260 e. The quantitative estimate of drug-likeness (QED) is 0.913. The maximum atomic E-state index is 12.1. The second-order valence-electron chi connectivity index (χ2n) is 5.16. The molecule has 0 bridgehead atoms. The molecule has 0 amide bonds. The first-order valence-electron chi connectivity index (χ1n) is 6.72. The van der Waals surface area contributed by atoms with E-state index in [2.05, 4.69) is 9.88 Å². The van der Waals surface area contributed by atoms with Crippen LogP contribution in [0.15, 0.2) is 29.2 Å². The highest BCUT2D eigenvalue weighted by atomic mass is 35.5. The number of pyridine rings is 1. The van der Waals surface area contributed by atoms with Crippen molar-refractivity contribution in [2.24, 2.45) is 5.92 Å². The molecule has 1 aliphatic heterocycles. The molecule has 1 fully saturated rings. The monoisotopic (exact) mass is 293 g/mol. The Morgan fingerprint density at radius 2 is 2.30 bits per heavy atom. The van der Waals surface area contributed by atoms with E-state index in [1.54, 1.807) is 18.3 Å². The Morgan fingerprint density at radius 3 is 3.10 bits per heavy atom.